The summed E-state index contributed by atoms with van der Waals surface area (Å²) in [4.78, 5) is 33.9. The zero-order valence-electron chi connectivity index (χ0n) is 15.6. The van der Waals surface area contributed by atoms with Crippen molar-refractivity contribution in [2.45, 2.75) is 31.7 Å². The predicted octanol–water partition coefficient (Wildman–Crippen LogP) is 3.32. The molecule has 0 unspecified atom stereocenters. The van der Waals surface area contributed by atoms with Gasteiger partial charge in [-0.3, -0.25) is 4.90 Å². The first-order chi connectivity index (χ1) is 14.3. The van der Waals surface area contributed by atoms with Crippen LogP contribution >= 0.6 is 0 Å². The molecule has 0 aliphatic carbocycles. The summed E-state index contributed by atoms with van der Waals surface area (Å²) in [7, 11) is 0. The number of amides is 1. The monoisotopic (exact) mass is 422 g/mol. The number of aromatic nitrogens is 2. The van der Waals surface area contributed by atoms with Crippen molar-refractivity contribution in [3.63, 3.8) is 0 Å². The van der Waals surface area contributed by atoms with Crippen LogP contribution in [0.4, 0.5) is 29.6 Å². The third-order valence-electron chi connectivity index (χ3n) is 5.19. The van der Waals surface area contributed by atoms with Crippen LogP contribution in [0.2, 0.25) is 0 Å². The van der Waals surface area contributed by atoms with Crippen LogP contribution in [0.15, 0.2) is 30.5 Å². The maximum absolute atomic E-state index is 13.2. The Bertz CT molecular complexity index is 990. The highest BCUT2D eigenvalue weighted by molar-refractivity contribution is 5.91. The molecule has 1 N–H and O–H groups in total. The summed E-state index contributed by atoms with van der Waals surface area (Å²) >= 11 is 0. The topological polar surface area (TPSA) is 95.9 Å². The van der Waals surface area contributed by atoms with Gasteiger partial charge < -0.3 is 14.7 Å². The standard InChI is InChI=1S/C19H17F3N4O4/c20-19(21,22)15-13(16(27)28)9-23-17(24-15)25-7-5-12(6-8-25)26-14-4-2-1-3-11(14)10-30-18(26)29/h1-4,9,12H,5-8,10H2,(H,27,28). The number of alkyl halides is 3. The summed E-state index contributed by atoms with van der Waals surface area (Å²) in [6.07, 6.45) is -3.75. The normalized spacial score (nSPS) is 17.5. The molecule has 1 amide bonds. The number of carboxylic acids is 1. The molecule has 1 fully saturated rings. The van der Waals surface area contributed by atoms with E-state index in [2.05, 4.69) is 9.97 Å². The summed E-state index contributed by atoms with van der Waals surface area (Å²) in [5.41, 5.74) is -0.806. The number of benzene rings is 1. The maximum Gasteiger partial charge on any atom is 0.434 e. The number of aromatic carboxylic acids is 1. The van der Waals surface area contributed by atoms with Gasteiger partial charge >= 0.3 is 18.2 Å². The van der Waals surface area contributed by atoms with Gasteiger partial charge in [0.05, 0.1) is 5.69 Å². The molecule has 0 saturated carbocycles. The molecule has 158 valence electrons. The van der Waals surface area contributed by atoms with Crippen LogP contribution in [0.5, 0.6) is 0 Å². The van der Waals surface area contributed by atoms with E-state index in [4.69, 9.17) is 9.84 Å². The van der Waals surface area contributed by atoms with E-state index in [-0.39, 0.29) is 18.6 Å². The van der Waals surface area contributed by atoms with Crippen molar-refractivity contribution in [3.05, 3.63) is 47.3 Å². The predicted molar refractivity (Wildman–Crippen MR) is 98.3 cm³/mol. The van der Waals surface area contributed by atoms with Gasteiger partial charge in [-0.2, -0.15) is 13.2 Å². The highest BCUT2D eigenvalue weighted by Crippen LogP contribution is 2.34. The number of piperidine rings is 1. The highest BCUT2D eigenvalue weighted by atomic mass is 19.4. The lowest BCUT2D eigenvalue weighted by Gasteiger charge is -2.40. The zero-order valence-corrected chi connectivity index (χ0v) is 15.6. The number of hydrogen-bond acceptors (Lipinski definition) is 6. The van der Waals surface area contributed by atoms with E-state index >= 15 is 0 Å². The summed E-state index contributed by atoms with van der Waals surface area (Å²) in [5.74, 6) is -1.93. The minimum Gasteiger partial charge on any atom is -0.478 e. The second-order valence-corrected chi connectivity index (χ2v) is 7.01. The maximum atomic E-state index is 13.2. The van der Waals surface area contributed by atoms with Gasteiger partial charge in [-0.15, -0.1) is 0 Å². The van der Waals surface area contributed by atoms with E-state index in [0.717, 1.165) is 11.3 Å². The van der Waals surface area contributed by atoms with E-state index in [9.17, 15) is 22.8 Å². The molecule has 30 heavy (non-hydrogen) atoms. The van der Waals surface area contributed by atoms with Crippen LogP contribution in [0, 0.1) is 0 Å². The average Bonchev–Trinajstić information content (AvgIpc) is 2.73. The summed E-state index contributed by atoms with van der Waals surface area (Å²) in [6, 6.07) is 7.22. The van der Waals surface area contributed by atoms with Crippen molar-refractivity contribution in [2.24, 2.45) is 0 Å². The molecule has 2 aliphatic rings. The fourth-order valence-corrected chi connectivity index (χ4v) is 3.74. The molecule has 1 aromatic carbocycles. The SMILES string of the molecule is O=C(O)c1cnc(N2CCC(N3C(=O)OCc4ccccc43)CC2)nc1C(F)(F)F. The average molecular weight is 422 g/mol. The molecule has 0 radical (unpaired) electrons. The Balaban J connectivity index is 1.53. The van der Waals surface area contributed by atoms with E-state index < -0.39 is 29.5 Å². The largest absolute Gasteiger partial charge is 0.478 e. The second kappa shape index (κ2) is 7.47. The molecule has 3 heterocycles. The fraction of sp³-hybridized carbons (Fsp3) is 0.368. The number of nitrogens with zero attached hydrogens (tertiary/aromatic N) is 4. The quantitative estimate of drug-likeness (QED) is 0.811. The van der Waals surface area contributed by atoms with Gasteiger partial charge in [0.1, 0.15) is 12.2 Å². The van der Waals surface area contributed by atoms with Gasteiger partial charge in [0.2, 0.25) is 5.95 Å². The Morgan fingerprint density at radius 1 is 1.20 bits per heavy atom. The van der Waals surface area contributed by atoms with Gasteiger partial charge in [-0.25, -0.2) is 19.6 Å². The van der Waals surface area contributed by atoms with Crippen LogP contribution in [-0.4, -0.2) is 46.3 Å². The molecule has 8 nitrogen and oxygen atoms in total. The van der Waals surface area contributed by atoms with Gasteiger partial charge in [-0.1, -0.05) is 18.2 Å². The number of carbonyl (C=O) groups excluding carboxylic acids is 1. The Labute approximate surface area is 168 Å². The molecule has 0 bridgehead atoms. The molecule has 1 aromatic heterocycles. The summed E-state index contributed by atoms with van der Waals surface area (Å²) in [6.45, 7) is 0.814. The van der Waals surface area contributed by atoms with Crippen molar-refractivity contribution in [3.8, 4) is 0 Å². The van der Waals surface area contributed by atoms with E-state index in [1.807, 2.05) is 24.3 Å². The van der Waals surface area contributed by atoms with E-state index in [0.29, 0.717) is 32.1 Å². The zero-order chi connectivity index (χ0) is 21.5. The number of anilines is 2. The molecule has 0 atom stereocenters. The molecule has 4 rings (SSSR count). The molecule has 1 saturated heterocycles. The highest BCUT2D eigenvalue weighted by Gasteiger charge is 2.39. The van der Waals surface area contributed by atoms with Crippen LogP contribution in [-0.2, 0) is 17.5 Å². The second-order valence-electron chi connectivity index (χ2n) is 7.01. The lowest BCUT2D eigenvalue weighted by molar-refractivity contribution is -0.141. The third-order valence-corrected chi connectivity index (χ3v) is 5.19. The number of fused-ring (bicyclic) bond motifs is 1. The third kappa shape index (κ3) is 3.62. The van der Waals surface area contributed by atoms with Crippen molar-refractivity contribution < 1.29 is 32.6 Å². The Kier molecular flexibility index (Phi) is 4.96. The summed E-state index contributed by atoms with van der Waals surface area (Å²) < 4.78 is 44.9. The number of cyclic esters (lactones) is 1. The van der Waals surface area contributed by atoms with Crippen molar-refractivity contribution in [2.75, 3.05) is 22.9 Å². The number of carboxylic acid groups (broad SMARTS) is 1. The van der Waals surface area contributed by atoms with Crippen LogP contribution in [0.1, 0.15) is 34.5 Å². The van der Waals surface area contributed by atoms with Gasteiger partial charge in [0.25, 0.3) is 0 Å². The fourth-order valence-electron chi connectivity index (χ4n) is 3.74. The molecule has 11 heteroatoms. The minimum absolute atomic E-state index is 0.185. The van der Waals surface area contributed by atoms with Crippen molar-refractivity contribution in [1.29, 1.82) is 0 Å². The molecule has 0 spiro atoms. The molecule has 2 aromatic rings. The Morgan fingerprint density at radius 2 is 1.90 bits per heavy atom. The van der Waals surface area contributed by atoms with Crippen molar-refractivity contribution >= 4 is 23.7 Å². The minimum atomic E-state index is -4.91. The van der Waals surface area contributed by atoms with Crippen LogP contribution in [0.25, 0.3) is 0 Å². The smallest absolute Gasteiger partial charge is 0.434 e. The van der Waals surface area contributed by atoms with E-state index in [1.54, 1.807) is 9.80 Å². The van der Waals surface area contributed by atoms with Gasteiger partial charge in [0, 0.05) is 30.9 Å². The number of hydrogen-bond donors (Lipinski definition) is 1. The number of ether oxygens (including phenoxy) is 1. The van der Waals surface area contributed by atoms with Gasteiger partial charge in [0.15, 0.2) is 5.69 Å². The summed E-state index contributed by atoms with van der Waals surface area (Å²) in [5, 5.41) is 8.97. The number of carbonyl (C=O) groups is 2. The lowest BCUT2D eigenvalue weighted by atomic mass is 10.0. The lowest BCUT2D eigenvalue weighted by Crippen LogP contribution is -2.49. The number of para-hydroxylation sites is 1. The molecular weight excluding hydrogens is 405 g/mol. The Hall–Kier alpha value is -3.37. The molecular formula is C19H17F3N4O4. The number of rotatable bonds is 3. The van der Waals surface area contributed by atoms with Crippen LogP contribution < -0.4 is 9.80 Å². The van der Waals surface area contributed by atoms with Crippen LogP contribution in [0.3, 0.4) is 0 Å². The Morgan fingerprint density at radius 3 is 2.57 bits per heavy atom. The molecule has 2 aliphatic heterocycles. The van der Waals surface area contributed by atoms with E-state index in [1.165, 1.54) is 0 Å². The first kappa shape index (κ1) is 19.9. The van der Waals surface area contributed by atoms with Gasteiger partial charge in [-0.05, 0) is 18.9 Å². The first-order valence-corrected chi connectivity index (χ1v) is 9.22. The number of halogens is 3. The first-order valence-electron chi connectivity index (χ1n) is 9.22. The van der Waals surface area contributed by atoms with Crippen molar-refractivity contribution in [1.82, 2.24) is 9.97 Å².